The van der Waals surface area contributed by atoms with Crippen LogP contribution in [0.3, 0.4) is 0 Å². The molecular weight excluding hydrogens is 264 g/mol. The maximum atomic E-state index is 12.0. The average molecular weight is 277 g/mol. The fourth-order valence-electron chi connectivity index (χ4n) is 1.91. The van der Waals surface area contributed by atoms with Crippen LogP contribution in [0.2, 0.25) is 0 Å². The van der Waals surface area contributed by atoms with Crippen molar-refractivity contribution in [2.75, 3.05) is 6.61 Å². The third-order valence-electron chi connectivity index (χ3n) is 2.81. The third-order valence-corrected chi connectivity index (χ3v) is 3.11. The number of esters is 1. The van der Waals surface area contributed by atoms with E-state index in [9.17, 15) is 9.59 Å². The van der Waals surface area contributed by atoms with Crippen LogP contribution in [-0.4, -0.2) is 18.4 Å². The van der Waals surface area contributed by atoms with Gasteiger partial charge in [0.1, 0.15) is 0 Å². The highest BCUT2D eigenvalue weighted by atomic mass is 35.5. The minimum absolute atomic E-state index is 0.183. The Balaban J connectivity index is 2.53. The van der Waals surface area contributed by atoms with Crippen molar-refractivity contribution in [1.29, 1.82) is 0 Å². The lowest BCUT2D eigenvalue weighted by Gasteiger charge is -2.06. The standard InChI is InChI=1S/C15H13ClO3/c1-2-19-15(18)14(17)12-5-3-4-11-7-6-10(9-16)8-13(11)12/h3-8H,2,9H2,1H3. The molecular formula is C15H13ClO3. The summed E-state index contributed by atoms with van der Waals surface area (Å²) >= 11 is 5.79. The van der Waals surface area contributed by atoms with E-state index in [1.807, 2.05) is 24.3 Å². The van der Waals surface area contributed by atoms with Gasteiger partial charge in [-0.2, -0.15) is 0 Å². The molecule has 0 unspecified atom stereocenters. The number of fused-ring (bicyclic) bond motifs is 1. The Hall–Kier alpha value is -1.87. The maximum Gasteiger partial charge on any atom is 0.379 e. The molecule has 0 saturated carbocycles. The second kappa shape index (κ2) is 5.85. The summed E-state index contributed by atoms with van der Waals surface area (Å²) in [6, 6.07) is 10.9. The first-order chi connectivity index (χ1) is 9.17. The Bertz CT molecular complexity index is 634. The predicted octanol–water partition coefficient (Wildman–Crippen LogP) is 3.32. The van der Waals surface area contributed by atoms with E-state index in [-0.39, 0.29) is 6.61 Å². The van der Waals surface area contributed by atoms with E-state index < -0.39 is 11.8 Å². The lowest BCUT2D eigenvalue weighted by molar-refractivity contribution is -0.137. The van der Waals surface area contributed by atoms with Crippen LogP contribution in [0.25, 0.3) is 10.8 Å². The predicted molar refractivity (Wildman–Crippen MR) is 74.5 cm³/mol. The Labute approximate surface area is 116 Å². The van der Waals surface area contributed by atoms with Crippen LogP contribution in [-0.2, 0) is 15.4 Å². The van der Waals surface area contributed by atoms with Gasteiger partial charge < -0.3 is 4.74 Å². The SMILES string of the molecule is CCOC(=O)C(=O)c1cccc2ccc(CCl)cc12. The number of rotatable bonds is 4. The van der Waals surface area contributed by atoms with Gasteiger partial charge in [-0.3, -0.25) is 4.79 Å². The highest BCUT2D eigenvalue weighted by Gasteiger charge is 2.19. The molecule has 0 aliphatic rings. The number of Topliss-reactive ketones (excluding diaryl/α,β-unsaturated/α-hetero) is 1. The zero-order valence-corrected chi connectivity index (χ0v) is 11.2. The lowest BCUT2D eigenvalue weighted by atomic mass is 9.99. The topological polar surface area (TPSA) is 43.4 Å². The van der Waals surface area contributed by atoms with Crippen LogP contribution in [0.4, 0.5) is 0 Å². The van der Waals surface area contributed by atoms with Gasteiger partial charge in [0.2, 0.25) is 0 Å². The van der Waals surface area contributed by atoms with Crippen LogP contribution >= 0.6 is 11.6 Å². The molecule has 0 heterocycles. The number of hydrogen-bond donors (Lipinski definition) is 0. The molecule has 0 spiro atoms. The van der Waals surface area contributed by atoms with Crippen molar-refractivity contribution in [3.8, 4) is 0 Å². The first-order valence-electron chi connectivity index (χ1n) is 5.96. The average Bonchev–Trinajstić information content (AvgIpc) is 2.45. The molecule has 2 aromatic rings. The summed E-state index contributed by atoms with van der Waals surface area (Å²) in [7, 11) is 0. The summed E-state index contributed by atoms with van der Waals surface area (Å²) < 4.78 is 4.75. The van der Waals surface area contributed by atoms with E-state index in [1.165, 1.54) is 0 Å². The van der Waals surface area contributed by atoms with E-state index in [2.05, 4.69) is 0 Å². The molecule has 3 nitrogen and oxygen atoms in total. The molecule has 0 aromatic heterocycles. The van der Waals surface area contributed by atoms with Crippen molar-refractivity contribution in [3.05, 3.63) is 47.5 Å². The Kier molecular flexibility index (Phi) is 4.17. The summed E-state index contributed by atoms with van der Waals surface area (Å²) in [4.78, 5) is 23.6. The minimum Gasteiger partial charge on any atom is -0.460 e. The van der Waals surface area contributed by atoms with Gasteiger partial charge >= 0.3 is 5.97 Å². The van der Waals surface area contributed by atoms with Crippen LogP contribution in [0.1, 0.15) is 22.8 Å². The summed E-state index contributed by atoms with van der Waals surface area (Å²) in [5.74, 6) is -1.09. The molecule has 0 atom stereocenters. The van der Waals surface area contributed by atoms with E-state index >= 15 is 0 Å². The summed E-state index contributed by atoms with van der Waals surface area (Å²) in [6.45, 7) is 1.85. The van der Waals surface area contributed by atoms with Crippen molar-refractivity contribution in [2.45, 2.75) is 12.8 Å². The van der Waals surface area contributed by atoms with E-state index in [0.29, 0.717) is 11.4 Å². The fourth-order valence-corrected chi connectivity index (χ4v) is 2.07. The van der Waals surface area contributed by atoms with Crippen LogP contribution in [0, 0.1) is 0 Å². The minimum atomic E-state index is -0.828. The van der Waals surface area contributed by atoms with Crippen molar-refractivity contribution < 1.29 is 14.3 Å². The van der Waals surface area contributed by atoms with E-state index in [4.69, 9.17) is 16.3 Å². The first-order valence-corrected chi connectivity index (χ1v) is 6.50. The number of hydrogen-bond acceptors (Lipinski definition) is 3. The first kappa shape index (κ1) is 13.6. The molecule has 19 heavy (non-hydrogen) atoms. The van der Waals surface area contributed by atoms with E-state index in [0.717, 1.165) is 16.3 Å². The molecule has 0 amide bonds. The van der Waals surface area contributed by atoms with Gasteiger partial charge in [-0.15, -0.1) is 11.6 Å². The molecule has 0 bridgehead atoms. The number of ether oxygens (including phenoxy) is 1. The second-order valence-corrected chi connectivity index (χ2v) is 4.31. The summed E-state index contributed by atoms with van der Waals surface area (Å²) in [5, 5.41) is 1.61. The van der Waals surface area contributed by atoms with Crippen molar-refractivity contribution in [2.24, 2.45) is 0 Å². The highest BCUT2D eigenvalue weighted by Crippen LogP contribution is 2.22. The van der Waals surface area contributed by atoms with Crippen LogP contribution in [0.5, 0.6) is 0 Å². The zero-order valence-electron chi connectivity index (χ0n) is 10.5. The molecule has 0 N–H and O–H groups in total. The molecule has 0 radical (unpaired) electrons. The third kappa shape index (κ3) is 2.76. The quantitative estimate of drug-likeness (QED) is 0.372. The van der Waals surface area contributed by atoms with Gasteiger partial charge in [0.15, 0.2) is 0 Å². The van der Waals surface area contributed by atoms with Crippen molar-refractivity contribution >= 4 is 34.1 Å². The molecule has 2 aromatic carbocycles. The molecule has 98 valence electrons. The molecule has 0 saturated heterocycles. The van der Waals surface area contributed by atoms with Crippen molar-refractivity contribution in [3.63, 3.8) is 0 Å². The fraction of sp³-hybridized carbons (Fsp3) is 0.200. The number of ketones is 1. The normalized spacial score (nSPS) is 10.4. The van der Waals surface area contributed by atoms with Gasteiger partial charge in [0.25, 0.3) is 5.78 Å². The second-order valence-electron chi connectivity index (χ2n) is 4.04. The Morgan fingerprint density at radius 2 is 2.00 bits per heavy atom. The monoisotopic (exact) mass is 276 g/mol. The lowest BCUT2D eigenvalue weighted by Crippen LogP contribution is -2.17. The smallest absolute Gasteiger partial charge is 0.379 e. The number of carbonyl (C=O) groups excluding carboxylic acids is 2. The van der Waals surface area contributed by atoms with Gasteiger partial charge in [-0.25, -0.2) is 4.79 Å². The van der Waals surface area contributed by atoms with Crippen LogP contribution in [0.15, 0.2) is 36.4 Å². The Morgan fingerprint density at radius 3 is 2.68 bits per heavy atom. The zero-order chi connectivity index (χ0) is 13.8. The molecule has 4 heteroatoms. The molecule has 0 aliphatic carbocycles. The molecule has 0 fully saturated rings. The van der Waals surface area contributed by atoms with Gasteiger partial charge in [-0.1, -0.05) is 30.3 Å². The number of benzene rings is 2. The number of halogens is 1. The van der Waals surface area contributed by atoms with Crippen molar-refractivity contribution in [1.82, 2.24) is 0 Å². The van der Waals surface area contributed by atoms with Crippen LogP contribution < -0.4 is 0 Å². The Morgan fingerprint density at radius 1 is 1.21 bits per heavy atom. The van der Waals surface area contributed by atoms with E-state index in [1.54, 1.807) is 19.1 Å². The summed E-state index contributed by atoms with van der Waals surface area (Å²) in [6.07, 6.45) is 0. The molecule has 0 aliphatic heterocycles. The van der Waals surface area contributed by atoms with Gasteiger partial charge in [-0.05, 0) is 29.3 Å². The van der Waals surface area contributed by atoms with Gasteiger partial charge in [0, 0.05) is 11.4 Å². The maximum absolute atomic E-state index is 12.0. The van der Waals surface area contributed by atoms with Gasteiger partial charge in [0.05, 0.1) is 6.61 Å². The number of alkyl halides is 1. The molecule has 2 rings (SSSR count). The largest absolute Gasteiger partial charge is 0.460 e. The number of carbonyl (C=O) groups is 2. The summed E-state index contributed by atoms with van der Waals surface area (Å²) in [5.41, 5.74) is 1.25. The highest BCUT2D eigenvalue weighted by molar-refractivity contribution is 6.43.